The Labute approximate surface area is 149 Å². The van der Waals surface area contributed by atoms with Gasteiger partial charge in [0.2, 0.25) is 0 Å². The van der Waals surface area contributed by atoms with Crippen molar-refractivity contribution in [2.75, 3.05) is 0 Å². The molecule has 1 nitrogen and oxygen atoms in total. The largest absolute Gasteiger partial charge is 0.388 e. The second-order valence-electron chi connectivity index (χ2n) is 7.66. The Hall–Kier alpha value is -1.45. The quantitative estimate of drug-likeness (QED) is 0.639. The molecule has 2 rings (SSSR count). The number of hydrogen-bond acceptors (Lipinski definition) is 1. The van der Waals surface area contributed by atoms with E-state index >= 15 is 0 Å². The zero-order valence-corrected chi connectivity index (χ0v) is 14.4. The van der Waals surface area contributed by atoms with Crippen molar-refractivity contribution in [2.45, 2.75) is 68.1 Å². The van der Waals surface area contributed by atoms with Gasteiger partial charge in [0.05, 0.1) is 6.10 Å². The molecular formula is C17H17F9O. The minimum Gasteiger partial charge on any atom is -0.388 e. The molecule has 1 atom stereocenters. The summed E-state index contributed by atoms with van der Waals surface area (Å²) in [4.78, 5) is 0. The minimum absolute atomic E-state index is 0.226. The summed E-state index contributed by atoms with van der Waals surface area (Å²) in [6.45, 7) is 4.81. The summed E-state index contributed by atoms with van der Waals surface area (Å²) in [6.07, 6.45) is -4.79. The van der Waals surface area contributed by atoms with E-state index in [1.807, 2.05) is 0 Å². The molecule has 1 aliphatic rings. The first-order chi connectivity index (χ1) is 11.9. The standard InChI is InChI=1S/C17H17F9O/c1-12(2,3)10-7-5-4-6-9(10)11(27)8-13(18)14(19,20)16(23,24)17(25,26)15(13,21)22/h4-7,11,27H,8H2,1-3H3. The summed E-state index contributed by atoms with van der Waals surface area (Å²) in [7, 11) is 0. The van der Waals surface area contributed by atoms with E-state index in [1.165, 1.54) is 18.2 Å². The van der Waals surface area contributed by atoms with E-state index in [2.05, 4.69) is 0 Å². The van der Waals surface area contributed by atoms with Gasteiger partial charge >= 0.3 is 23.7 Å². The summed E-state index contributed by atoms with van der Waals surface area (Å²) in [5, 5.41) is 10.1. The molecule has 0 amide bonds. The normalized spacial score (nSPS) is 26.0. The monoisotopic (exact) mass is 408 g/mol. The summed E-state index contributed by atoms with van der Waals surface area (Å²) >= 11 is 0. The third kappa shape index (κ3) is 2.58. The van der Waals surface area contributed by atoms with E-state index in [0.29, 0.717) is 0 Å². The Morgan fingerprint density at radius 3 is 1.59 bits per heavy atom. The first kappa shape index (κ1) is 21.8. The Morgan fingerprint density at radius 2 is 1.19 bits per heavy atom. The smallest absolute Gasteiger partial charge is 0.381 e. The highest BCUT2D eigenvalue weighted by atomic mass is 19.4. The van der Waals surface area contributed by atoms with Crippen LogP contribution < -0.4 is 0 Å². The number of benzene rings is 1. The molecule has 0 saturated heterocycles. The maximum absolute atomic E-state index is 14.6. The number of halogens is 9. The molecule has 1 aromatic carbocycles. The van der Waals surface area contributed by atoms with Crippen LogP contribution in [0.5, 0.6) is 0 Å². The van der Waals surface area contributed by atoms with Gasteiger partial charge in [0.15, 0.2) is 0 Å². The third-order valence-corrected chi connectivity index (χ3v) is 4.78. The maximum Gasteiger partial charge on any atom is 0.381 e. The number of aliphatic hydroxyl groups excluding tert-OH is 1. The highest BCUT2D eigenvalue weighted by molar-refractivity contribution is 5.36. The molecule has 0 radical (unpaired) electrons. The van der Waals surface area contributed by atoms with Gasteiger partial charge in [-0.25, -0.2) is 4.39 Å². The molecule has 0 aromatic heterocycles. The van der Waals surface area contributed by atoms with E-state index in [9.17, 15) is 44.6 Å². The summed E-state index contributed by atoms with van der Waals surface area (Å²) in [5.41, 5.74) is -6.51. The molecule has 0 spiro atoms. The number of aliphatic hydroxyl groups is 1. The van der Waals surface area contributed by atoms with Gasteiger partial charge in [0.1, 0.15) is 0 Å². The van der Waals surface area contributed by atoms with Gasteiger partial charge in [0, 0.05) is 6.42 Å². The van der Waals surface area contributed by atoms with Crippen LogP contribution >= 0.6 is 0 Å². The Balaban J connectivity index is 2.57. The highest BCUT2D eigenvalue weighted by Crippen LogP contribution is 2.70. The van der Waals surface area contributed by atoms with Crippen LogP contribution in [0.3, 0.4) is 0 Å². The zero-order chi connectivity index (χ0) is 21.3. The molecule has 0 aliphatic heterocycles. The second-order valence-corrected chi connectivity index (χ2v) is 7.66. The van der Waals surface area contributed by atoms with Crippen LogP contribution in [0.1, 0.15) is 44.4 Å². The van der Waals surface area contributed by atoms with Gasteiger partial charge in [-0.1, -0.05) is 45.0 Å². The molecule has 0 bridgehead atoms. The lowest BCUT2D eigenvalue weighted by molar-refractivity contribution is -0.303. The first-order valence-electron chi connectivity index (χ1n) is 7.84. The SMILES string of the molecule is CC(C)(C)c1ccccc1C(O)CC1(F)C(F)(F)C(F)(F)C(F)(F)C1(F)F. The summed E-state index contributed by atoms with van der Waals surface area (Å²) in [5.74, 6) is -26.1. The fourth-order valence-corrected chi connectivity index (χ4v) is 3.19. The van der Waals surface area contributed by atoms with Crippen LogP contribution in [-0.4, -0.2) is 34.5 Å². The van der Waals surface area contributed by atoms with Crippen molar-refractivity contribution < 1.29 is 44.6 Å². The predicted octanol–water partition coefficient (Wildman–Crippen LogP) is 5.67. The van der Waals surface area contributed by atoms with Crippen molar-refractivity contribution in [2.24, 2.45) is 0 Å². The lowest BCUT2D eigenvalue weighted by atomic mass is 9.79. The molecule has 1 N–H and O–H groups in total. The molecule has 27 heavy (non-hydrogen) atoms. The van der Waals surface area contributed by atoms with Crippen LogP contribution in [0.15, 0.2) is 24.3 Å². The Morgan fingerprint density at radius 1 is 0.778 bits per heavy atom. The molecule has 154 valence electrons. The molecule has 0 heterocycles. The second kappa shape index (κ2) is 5.78. The van der Waals surface area contributed by atoms with Crippen LogP contribution in [0.4, 0.5) is 39.5 Å². The lowest BCUT2D eigenvalue weighted by Crippen LogP contribution is -2.55. The third-order valence-electron chi connectivity index (χ3n) is 4.78. The summed E-state index contributed by atoms with van der Waals surface area (Å²) < 4.78 is 123. The van der Waals surface area contributed by atoms with Crippen LogP contribution in [0.2, 0.25) is 0 Å². The first-order valence-corrected chi connectivity index (χ1v) is 7.84. The number of hydrogen-bond donors (Lipinski definition) is 1. The van der Waals surface area contributed by atoms with Crippen molar-refractivity contribution in [3.8, 4) is 0 Å². The summed E-state index contributed by atoms with van der Waals surface area (Å²) in [6, 6.07) is 5.21. The molecule has 1 aliphatic carbocycles. The number of rotatable bonds is 3. The Bertz CT molecular complexity index is 695. The lowest BCUT2D eigenvalue weighted by Gasteiger charge is -2.34. The maximum atomic E-state index is 14.6. The van der Waals surface area contributed by atoms with Crippen LogP contribution in [0.25, 0.3) is 0 Å². The minimum atomic E-state index is -6.64. The van der Waals surface area contributed by atoms with Gasteiger partial charge in [0.25, 0.3) is 5.67 Å². The highest BCUT2D eigenvalue weighted by Gasteiger charge is 3.00. The molecule has 10 heteroatoms. The van der Waals surface area contributed by atoms with Crippen molar-refractivity contribution in [1.29, 1.82) is 0 Å². The number of alkyl halides is 9. The Kier molecular flexibility index (Phi) is 4.67. The van der Waals surface area contributed by atoms with Crippen LogP contribution in [0, 0.1) is 0 Å². The predicted molar refractivity (Wildman–Crippen MR) is 78.3 cm³/mol. The van der Waals surface area contributed by atoms with Crippen molar-refractivity contribution >= 4 is 0 Å². The van der Waals surface area contributed by atoms with Gasteiger partial charge in [-0.05, 0) is 16.5 Å². The van der Waals surface area contributed by atoms with E-state index in [4.69, 9.17) is 0 Å². The van der Waals surface area contributed by atoms with Gasteiger partial charge in [-0.3, -0.25) is 0 Å². The molecular weight excluding hydrogens is 391 g/mol. The molecule has 1 aromatic rings. The van der Waals surface area contributed by atoms with Crippen molar-refractivity contribution in [3.63, 3.8) is 0 Å². The average Bonchev–Trinajstić information content (AvgIpc) is 2.56. The van der Waals surface area contributed by atoms with Gasteiger partial charge in [-0.2, -0.15) is 35.1 Å². The fraction of sp³-hybridized carbons (Fsp3) is 0.647. The van der Waals surface area contributed by atoms with Crippen molar-refractivity contribution in [1.82, 2.24) is 0 Å². The van der Waals surface area contributed by atoms with Crippen molar-refractivity contribution in [3.05, 3.63) is 35.4 Å². The zero-order valence-electron chi connectivity index (χ0n) is 14.4. The van der Waals surface area contributed by atoms with Gasteiger partial charge < -0.3 is 5.11 Å². The van der Waals surface area contributed by atoms with E-state index < -0.39 is 47.3 Å². The van der Waals surface area contributed by atoms with E-state index in [0.717, 1.165) is 6.07 Å². The molecule has 1 saturated carbocycles. The van der Waals surface area contributed by atoms with E-state index in [-0.39, 0.29) is 11.1 Å². The molecule has 1 unspecified atom stereocenters. The van der Waals surface area contributed by atoms with E-state index in [1.54, 1.807) is 20.8 Å². The van der Waals surface area contributed by atoms with Crippen LogP contribution in [-0.2, 0) is 5.41 Å². The van der Waals surface area contributed by atoms with Gasteiger partial charge in [-0.15, -0.1) is 0 Å². The molecule has 1 fully saturated rings. The average molecular weight is 408 g/mol. The topological polar surface area (TPSA) is 20.2 Å². The fourth-order valence-electron chi connectivity index (χ4n) is 3.19.